The molecule has 0 saturated carbocycles. The number of fused-ring (bicyclic) bond motifs is 1. The molecule has 0 radical (unpaired) electrons. The molecule has 1 aromatic carbocycles. The summed E-state index contributed by atoms with van der Waals surface area (Å²) in [5, 5.41) is 8.87. The fourth-order valence-corrected chi connectivity index (χ4v) is 1.85. The van der Waals surface area contributed by atoms with Crippen LogP contribution in [0.4, 0.5) is 5.69 Å². The van der Waals surface area contributed by atoms with Crippen LogP contribution >= 0.6 is 0 Å². The van der Waals surface area contributed by atoms with Crippen LogP contribution in [0.5, 0.6) is 5.75 Å². The van der Waals surface area contributed by atoms with Gasteiger partial charge in [-0.3, -0.25) is 4.79 Å². The standard InChI is InChI=1S/C13H14N2O2/c1-13(2)8-17-11-5-4-9(7-14)6-10(11)15(3)12(13)16/h4-6H,8H2,1-3H3. The second-order valence-corrected chi connectivity index (χ2v) is 4.83. The van der Waals surface area contributed by atoms with Gasteiger partial charge in [-0.15, -0.1) is 0 Å². The number of benzene rings is 1. The Kier molecular flexibility index (Phi) is 2.55. The molecule has 1 amide bonds. The van der Waals surface area contributed by atoms with Crippen LogP contribution in [0.2, 0.25) is 0 Å². The van der Waals surface area contributed by atoms with Gasteiger partial charge >= 0.3 is 0 Å². The summed E-state index contributed by atoms with van der Waals surface area (Å²) in [5.74, 6) is 0.636. The van der Waals surface area contributed by atoms with E-state index >= 15 is 0 Å². The van der Waals surface area contributed by atoms with Gasteiger partial charge in [0.25, 0.3) is 0 Å². The zero-order chi connectivity index (χ0) is 12.6. The predicted octanol–water partition coefficient (Wildman–Crippen LogP) is 1.94. The van der Waals surface area contributed by atoms with Gasteiger partial charge in [-0.1, -0.05) is 0 Å². The molecule has 17 heavy (non-hydrogen) atoms. The molecule has 88 valence electrons. The summed E-state index contributed by atoms with van der Waals surface area (Å²) >= 11 is 0. The number of carbonyl (C=O) groups is 1. The van der Waals surface area contributed by atoms with Crippen molar-refractivity contribution in [2.75, 3.05) is 18.6 Å². The zero-order valence-electron chi connectivity index (χ0n) is 10.2. The highest BCUT2D eigenvalue weighted by Gasteiger charge is 2.36. The van der Waals surface area contributed by atoms with E-state index in [9.17, 15) is 4.79 Å². The second kappa shape index (κ2) is 3.77. The van der Waals surface area contributed by atoms with Crippen LogP contribution in [0, 0.1) is 16.7 Å². The smallest absolute Gasteiger partial charge is 0.235 e. The van der Waals surface area contributed by atoms with Crippen molar-refractivity contribution in [3.63, 3.8) is 0 Å². The summed E-state index contributed by atoms with van der Waals surface area (Å²) in [5.41, 5.74) is 0.618. The minimum Gasteiger partial charge on any atom is -0.490 e. The van der Waals surface area contributed by atoms with Crippen LogP contribution in [0.15, 0.2) is 18.2 Å². The Balaban J connectivity index is 2.53. The number of nitrogens with zero attached hydrogens (tertiary/aromatic N) is 2. The van der Waals surface area contributed by atoms with Gasteiger partial charge in [0.15, 0.2) is 0 Å². The van der Waals surface area contributed by atoms with E-state index in [4.69, 9.17) is 10.00 Å². The third-order valence-electron chi connectivity index (χ3n) is 2.92. The average Bonchev–Trinajstić information content (AvgIpc) is 2.41. The second-order valence-electron chi connectivity index (χ2n) is 4.83. The Bertz CT molecular complexity index is 515. The molecule has 0 unspecified atom stereocenters. The first-order chi connectivity index (χ1) is 7.95. The van der Waals surface area contributed by atoms with Crippen LogP contribution in [0.1, 0.15) is 19.4 Å². The van der Waals surface area contributed by atoms with Crippen LogP contribution < -0.4 is 9.64 Å². The summed E-state index contributed by atoms with van der Waals surface area (Å²) in [4.78, 5) is 13.8. The van der Waals surface area contributed by atoms with E-state index < -0.39 is 5.41 Å². The molecule has 2 rings (SSSR count). The lowest BCUT2D eigenvalue weighted by Crippen LogP contribution is -2.39. The quantitative estimate of drug-likeness (QED) is 0.684. The Morgan fingerprint density at radius 3 is 2.82 bits per heavy atom. The Morgan fingerprint density at radius 1 is 1.47 bits per heavy atom. The number of rotatable bonds is 0. The van der Waals surface area contributed by atoms with Gasteiger partial charge in [-0.05, 0) is 32.0 Å². The largest absolute Gasteiger partial charge is 0.490 e. The molecule has 1 aliphatic rings. The normalized spacial score (nSPS) is 17.8. The van der Waals surface area contributed by atoms with Crippen molar-refractivity contribution in [1.29, 1.82) is 5.26 Å². The van der Waals surface area contributed by atoms with Gasteiger partial charge < -0.3 is 9.64 Å². The molecular weight excluding hydrogens is 216 g/mol. The predicted molar refractivity (Wildman–Crippen MR) is 63.8 cm³/mol. The highest BCUT2D eigenvalue weighted by Crippen LogP contribution is 2.35. The van der Waals surface area contributed by atoms with Crippen LogP contribution in [0.25, 0.3) is 0 Å². The summed E-state index contributed by atoms with van der Waals surface area (Å²) in [6.07, 6.45) is 0. The van der Waals surface area contributed by atoms with Crippen LogP contribution in [-0.2, 0) is 4.79 Å². The average molecular weight is 230 g/mol. The highest BCUT2D eigenvalue weighted by molar-refractivity contribution is 5.98. The van der Waals surface area contributed by atoms with Crippen molar-refractivity contribution in [1.82, 2.24) is 0 Å². The lowest BCUT2D eigenvalue weighted by atomic mass is 9.93. The first-order valence-corrected chi connectivity index (χ1v) is 5.41. The lowest BCUT2D eigenvalue weighted by molar-refractivity contribution is -0.127. The van der Waals surface area contributed by atoms with Crippen LogP contribution in [-0.4, -0.2) is 19.6 Å². The third-order valence-corrected chi connectivity index (χ3v) is 2.92. The lowest BCUT2D eigenvalue weighted by Gasteiger charge is -2.24. The zero-order valence-corrected chi connectivity index (χ0v) is 10.2. The number of nitriles is 1. The molecule has 0 saturated heterocycles. The molecular formula is C13H14N2O2. The Hall–Kier alpha value is -2.02. The molecule has 0 spiro atoms. The maximum Gasteiger partial charge on any atom is 0.235 e. The maximum absolute atomic E-state index is 12.2. The molecule has 1 heterocycles. The van der Waals surface area contributed by atoms with Gasteiger partial charge in [-0.25, -0.2) is 0 Å². The van der Waals surface area contributed by atoms with E-state index in [1.54, 1.807) is 30.1 Å². The third kappa shape index (κ3) is 1.84. The number of anilines is 1. The molecule has 1 aromatic rings. The Morgan fingerprint density at radius 2 is 2.18 bits per heavy atom. The summed E-state index contributed by atoms with van der Waals surface area (Å²) in [6.45, 7) is 4.04. The van der Waals surface area contributed by atoms with Crippen molar-refractivity contribution in [2.24, 2.45) is 5.41 Å². The molecule has 0 aromatic heterocycles. The first-order valence-electron chi connectivity index (χ1n) is 5.41. The molecule has 1 aliphatic heterocycles. The van der Waals surface area contributed by atoms with E-state index in [1.807, 2.05) is 13.8 Å². The van der Waals surface area contributed by atoms with E-state index in [0.29, 0.717) is 23.6 Å². The Labute approximate surface area is 100 Å². The summed E-state index contributed by atoms with van der Waals surface area (Å²) in [6, 6.07) is 7.16. The van der Waals surface area contributed by atoms with Gasteiger partial charge in [0.1, 0.15) is 12.4 Å². The molecule has 4 heteroatoms. The van der Waals surface area contributed by atoms with Gasteiger partial charge in [0.05, 0.1) is 22.7 Å². The number of amides is 1. The van der Waals surface area contributed by atoms with Crippen molar-refractivity contribution in [3.8, 4) is 11.8 Å². The van der Waals surface area contributed by atoms with Crippen molar-refractivity contribution in [3.05, 3.63) is 23.8 Å². The van der Waals surface area contributed by atoms with Gasteiger partial charge in [0, 0.05) is 7.05 Å². The topological polar surface area (TPSA) is 53.3 Å². The molecule has 0 bridgehead atoms. The monoisotopic (exact) mass is 230 g/mol. The number of ether oxygens (including phenoxy) is 1. The molecule has 0 atom stereocenters. The van der Waals surface area contributed by atoms with E-state index in [2.05, 4.69) is 6.07 Å². The minimum atomic E-state index is -0.555. The van der Waals surface area contributed by atoms with Crippen molar-refractivity contribution >= 4 is 11.6 Å². The molecule has 0 fully saturated rings. The fraction of sp³-hybridized carbons (Fsp3) is 0.385. The van der Waals surface area contributed by atoms with Crippen molar-refractivity contribution in [2.45, 2.75) is 13.8 Å². The number of hydrogen-bond donors (Lipinski definition) is 0. The van der Waals surface area contributed by atoms with E-state index in [1.165, 1.54) is 0 Å². The van der Waals surface area contributed by atoms with E-state index in [-0.39, 0.29) is 5.91 Å². The SMILES string of the molecule is CN1C(=O)C(C)(C)COc2ccc(C#N)cc21. The molecule has 0 aliphatic carbocycles. The number of carbonyl (C=O) groups excluding carboxylic acids is 1. The summed E-state index contributed by atoms with van der Waals surface area (Å²) < 4.78 is 5.63. The maximum atomic E-state index is 12.2. The van der Waals surface area contributed by atoms with Gasteiger partial charge in [-0.2, -0.15) is 5.26 Å². The van der Waals surface area contributed by atoms with E-state index in [0.717, 1.165) is 0 Å². The minimum absolute atomic E-state index is 0.00802. The van der Waals surface area contributed by atoms with Crippen LogP contribution in [0.3, 0.4) is 0 Å². The molecule has 0 N–H and O–H groups in total. The number of hydrogen-bond acceptors (Lipinski definition) is 3. The summed E-state index contributed by atoms with van der Waals surface area (Å²) in [7, 11) is 1.71. The van der Waals surface area contributed by atoms with Gasteiger partial charge in [0.2, 0.25) is 5.91 Å². The van der Waals surface area contributed by atoms with Crippen molar-refractivity contribution < 1.29 is 9.53 Å². The fourth-order valence-electron chi connectivity index (χ4n) is 1.85. The highest BCUT2D eigenvalue weighted by atomic mass is 16.5. The first kappa shape index (κ1) is 11.5. The molecule has 4 nitrogen and oxygen atoms in total.